The average molecular weight is 607 g/mol. The molecule has 1 aromatic carbocycles. The maximum atomic E-state index is 10.8. The summed E-state index contributed by atoms with van der Waals surface area (Å²) < 4.78 is 24.7. The lowest BCUT2D eigenvalue weighted by molar-refractivity contribution is -0.134. The van der Waals surface area contributed by atoms with Gasteiger partial charge in [-0.25, -0.2) is 19.6 Å². The number of ether oxygens (including phenoxy) is 2. The van der Waals surface area contributed by atoms with Crippen molar-refractivity contribution < 1.29 is 33.2 Å². The number of carboxylic acids is 1. The van der Waals surface area contributed by atoms with Gasteiger partial charge < -0.3 is 34.2 Å². The number of methoxy groups -OCH3 is 1. The number of hydrogen-bond donors (Lipinski definition) is 3. The van der Waals surface area contributed by atoms with E-state index in [0.29, 0.717) is 23.8 Å². The number of nitrogens with one attached hydrogen (secondary N) is 1. The molecule has 3 aromatic rings. The zero-order chi connectivity index (χ0) is 30.9. The second kappa shape index (κ2) is 19.1. The Morgan fingerprint density at radius 2 is 1.98 bits per heavy atom. The molecule has 13 nitrogen and oxygen atoms in total. The number of fused-ring (bicyclic) bond motifs is 1. The molecule has 0 spiro atoms. The van der Waals surface area contributed by atoms with Crippen molar-refractivity contribution in [2.45, 2.75) is 59.2 Å². The number of para-hydroxylation sites is 1. The van der Waals surface area contributed by atoms with Crippen molar-refractivity contribution >= 4 is 32.2 Å². The van der Waals surface area contributed by atoms with Crippen LogP contribution in [-0.4, -0.2) is 69.9 Å². The van der Waals surface area contributed by atoms with E-state index in [0.717, 1.165) is 37.8 Å². The summed E-state index contributed by atoms with van der Waals surface area (Å²) in [6.07, 6.45) is 6.87. The smallest absolute Gasteiger partial charge is 0.318 e. The van der Waals surface area contributed by atoms with Crippen molar-refractivity contribution in [1.29, 1.82) is 0 Å². The number of carboxylic acid groups (broad SMARTS) is 1. The number of aromatic nitrogens is 4. The number of imidazole rings is 1. The summed E-state index contributed by atoms with van der Waals surface area (Å²) in [6.45, 7) is 9.00. The number of carbonyl (C=O) groups excluding carboxylic acids is 1. The first-order valence-corrected chi connectivity index (χ1v) is 15.0. The second-order valence-corrected chi connectivity index (χ2v) is 10.9. The summed E-state index contributed by atoms with van der Waals surface area (Å²) in [6, 6.07) is 9.33. The molecule has 0 aliphatic carbocycles. The van der Waals surface area contributed by atoms with Crippen LogP contribution in [-0.2, 0) is 23.6 Å². The van der Waals surface area contributed by atoms with Gasteiger partial charge in [-0.3, -0.25) is 4.79 Å². The van der Waals surface area contributed by atoms with Gasteiger partial charge in [0.1, 0.15) is 24.5 Å². The van der Waals surface area contributed by atoms with E-state index in [1.165, 1.54) is 19.2 Å². The molecular formula is C28H43N6O7P. The summed E-state index contributed by atoms with van der Waals surface area (Å²) in [4.78, 5) is 28.0. The molecule has 0 saturated carbocycles. The molecule has 0 bridgehead atoms. The fraction of sp³-hybridized carbons (Fsp3) is 0.536. The predicted octanol–water partition coefficient (Wildman–Crippen LogP) is 4.44. The van der Waals surface area contributed by atoms with Crippen LogP contribution in [0.25, 0.3) is 5.65 Å². The van der Waals surface area contributed by atoms with Gasteiger partial charge in [-0.1, -0.05) is 51.8 Å². The van der Waals surface area contributed by atoms with E-state index in [1.807, 2.05) is 30.3 Å². The minimum atomic E-state index is -1.48. The quantitative estimate of drug-likeness (QED) is 0.185. The molecule has 14 heteroatoms. The van der Waals surface area contributed by atoms with Crippen LogP contribution in [0, 0.1) is 11.8 Å². The van der Waals surface area contributed by atoms with Gasteiger partial charge in [-0.15, -0.1) is 0 Å². The zero-order valence-corrected chi connectivity index (χ0v) is 25.8. The molecule has 4 unspecified atom stereocenters. The highest BCUT2D eigenvalue weighted by atomic mass is 31.2. The van der Waals surface area contributed by atoms with Gasteiger partial charge in [0, 0.05) is 20.6 Å². The Hall–Kier alpha value is -3.22. The van der Waals surface area contributed by atoms with Crippen LogP contribution in [0.1, 0.15) is 58.8 Å². The first-order valence-electron chi connectivity index (χ1n) is 13.8. The zero-order valence-electron chi connectivity index (χ0n) is 24.9. The summed E-state index contributed by atoms with van der Waals surface area (Å²) in [5.74, 6) is 1.18. The van der Waals surface area contributed by atoms with Crippen molar-refractivity contribution in [3.63, 3.8) is 0 Å². The number of nitrogen functional groups attached to an aromatic ring is 1. The average Bonchev–Trinajstić information content (AvgIpc) is 3.57. The summed E-state index contributed by atoms with van der Waals surface area (Å²) in [5, 5.41) is 14.6. The van der Waals surface area contributed by atoms with E-state index in [4.69, 9.17) is 34.2 Å². The normalized spacial score (nSPS) is 18.5. The maximum Gasteiger partial charge on any atom is 0.318 e. The largest absolute Gasteiger partial charge is 0.481 e. The van der Waals surface area contributed by atoms with Gasteiger partial charge in [-0.05, 0) is 30.4 Å². The fourth-order valence-electron chi connectivity index (χ4n) is 4.15. The number of carbonyl (C=O) groups is 2. The number of aldehydes is 1. The van der Waals surface area contributed by atoms with E-state index in [9.17, 15) is 4.79 Å². The Morgan fingerprint density at radius 1 is 1.29 bits per heavy atom. The van der Waals surface area contributed by atoms with Crippen molar-refractivity contribution in [3.8, 4) is 5.75 Å². The lowest BCUT2D eigenvalue weighted by Gasteiger charge is -2.20. The van der Waals surface area contributed by atoms with Crippen LogP contribution >= 0.6 is 8.53 Å². The first-order chi connectivity index (χ1) is 20.2. The van der Waals surface area contributed by atoms with Crippen LogP contribution in [0.3, 0.4) is 0 Å². The SMILES string of the molecule is CC(=O)O.CC1CC(COP(NCC=O)Oc2ccccc2)OC1c1cnc2c(N)ncnn12.CCC(CC)COC. The lowest BCUT2D eigenvalue weighted by Crippen LogP contribution is -2.20. The minimum Gasteiger partial charge on any atom is -0.481 e. The number of anilines is 1. The molecule has 1 saturated heterocycles. The number of aliphatic carboxylic acids is 1. The Kier molecular flexibility index (Phi) is 15.9. The highest BCUT2D eigenvalue weighted by Crippen LogP contribution is 2.41. The van der Waals surface area contributed by atoms with Gasteiger partial charge in [-0.2, -0.15) is 5.10 Å². The molecule has 2 aromatic heterocycles. The monoisotopic (exact) mass is 606 g/mol. The van der Waals surface area contributed by atoms with Crippen LogP contribution in [0.2, 0.25) is 0 Å². The molecule has 42 heavy (non-hydrogen) atoms. The van der Waals surface area contributed by atoms with Crippen LogP contribution in [0.4, 0.5) is 5.82 Å². The van der Waals surface area contributed by atoms with Crippen LogP contribution in [0.5, 0.6) is 5.75 Å². The van der Waals surface area contributed by atoms with Crippen molar-refractivity contribution in [2.24, 2.45) is 11.8 Å². The third-order valence-corrected chi connectivity index (χ3v) is 7.51. The van der Waals surface area contributed by atoms with Gasteiger partial charge in [0.25, 0.3) is 5.97 Å². The summed E-state index contributed by atoms with van der Waals surface area (Å²) >= 11 is 0. The molecular weight excluding hydrogens is 563 g/mol. The maximum absolute atomic E-state index is 10.8. The number of hydrogen-bond acceptors (Lipinski definition) is 11. The number of nitrogens with zero attached hydrogens (tertiary/aromatic N) is 4. The van der Waals surface area contributed by atoms with Crippen LogP contribution in [0.15, 0.2) is 42.9 Å². The Labute approximate surface area is 248 Å². The Morgan fingerprint density at radius 3 is 2.57 bits per heavy atom. The van der Waals surface area contributed by atoms with E-state index in [2.05, 4.69) is 40.9 Å². The predicted molar refractivity (Wildman–Crippen MR) is 160 cm³/mol. The van der Waals surface area contributed by atoms with Crippen LogP contribution < -0.4 is 15.3 Å². The van der Waals surface area contributed by atoms with E-state index in [1.54, 1.807) is 17.8 Å². The highest BCUT2D eigenvalue weighted by Gasteiger charge is 2.36. The van der Waals surface area contributed by atoms with Crippen molar-refractivity contribution in [1.82, 2.24) is 24.7 Å². The number of benzene rings is 1. The second-order valence-electron chi connectivity index (χ2n) is 9.60. The standard InChI is InChI=1S/C19H23N6O4P.C7H16O.C2H4O2/c1-13-9-15(11-27-30(24-7-8-26)29-14-5-3-2-4-6-14)28-17(13)16-10-21-19-18(20)22-12-23-25(16)19;1-4-7(5-2)6-8-3;1-2(3)4/h2-6,8,10,12-13,15,17,24H,7,9,11H2,1H3,(H2,20,22,23);7H,4-6H2,1-3H3;1H3,(H,3,4). The first kappa shape index (κ1) is 35.0. The van der Waals surface area contributed by atoms with Gasteiger partial charge >= 0.3 is 8.53 Å². The Bertz CT molecular complexity index is 1190. The molecule has 1 aliphatic rings. The molecule has 4 N–H and O–H groups in total. The van der Waals surface area contributed by atoms with E-state index < -0.39 is 14.5 Å². The van der Waals surface area contributed by atoms with Crippen molar-refractivity contribution in [3.05, 3.63) is 48.5 Å². The molecule has 0 radical (unpaired) electrons. The number of nitrogens with two attached hydrogens (primary N) is 1. The van der Waals surface area contributed by atoms with E-state index >= 15 is 0 Å². The lowest BCUT2D eigenvalue weighted by atomic mass is 10.00. The van der Waals surface area contributed by atoms with Crippen molar-refractivity contribution in [2.75, 3.05) is 32.6 Å². The highest BCUT2D eigenvalue weighted by molar-refractivity contribution is 7.45. The minimum absolute atomic E-state index is 0.128. The summed E-state index contributed by atoms with van der Waals surface area (Å²) in [5.41, 5.74) is 7.22. The third-order valence-electron chi connectivity index (χ3n) is 6.31. The fourth-order valence-corrected chi connectivity index (χ4v) is 5.20. The summed E-state index contributed by atoms with van der Waals surface area (Å²) in [7, 11) is 0.281. The molecule has 1 aliphatic heterocycles. The van der Waals surface area contributed by atoms with Gasteiger partial charge in [0.15, 0.2) is 11.5 Å². The topological polar surface area (TPSA) is 172 Å². The molecule has 232 valence electrons. The molecule has 0 amide bonds. The number of rotatable bonds is 13. The third kappa shape index (κ3) is 11.6. The molecule has 1 fully saturated rings. The molecule has 3 heterocycles. The van der Waals surface area contributed by atoms with Gasteiger partial charge in [0.2, 0.25) is 0 Å². The molecule has 4 atom stereocenters. The molecule has 4 rings (SSSR count). The van der Waals surface area contributed by atoms with Gasteiger partial charge in [0.05, 0.1) is 31.1 Å². The van der Waals surface area contributed by atoms with E-state index in [-0.39, 0.29) is 24.7 Å². The Balaban J connectivity index is 0.000000435.